The predicted octanol–water partition coefficient (Wildman–Crippen LogP) is 4.11. The Morgan fingerprint density at radius 2 is 1.55 bits per heavy atom. The molecule has 0 atom stereocenters. The number of carbonyl (C=O) groups is 2. The van der Waals surface area contributed by atoms with Crippen molar-refractivity contribution in [3.63, 3.8) is 0 Å². The zero-order chi connectivity index (χ0) is 22.8. The van der Waals surface area contributed by atoms with Gasteiger partial charge in [-0.3, -0.25) is 14.5 Å². The van der Waals surface area contributed by atoms with Gasteiger partial charge in [-0.05, 0) is 54.7 Å². The molecule has 0 aromatic heterocycles. The average molecular weight is 450 g/mol. The number of amides is 2. The summed E-state index contributed by atoms with van der Waals surface area (Å²) in [7, 11) is 0. The molecule has 0 N–H and O–H groups in total. The molecule has 2 fully saturated rings. The third-order valence-electron chi connectivity index (χ3n) is 7.55. The smallest absolute Gasteiger partial charge is 0.257 e. The van der Waals surface area contributed by atoms with E-state index in [9.17, 15) is 14.0 Å². The van der Waals surface area contributed by atoms with Gasteiger partial charge >= 0.3 is 0 Å². The van der Waals surface area contributed by atoms with E-state index in [0.717, 1.165) is 42.9 Å². The first-order chi connectivity index (χ1) is 16.1. The lowest BCUT2D eigenvalue weighted by Gasteiger charge is -2.40. The minimum atomic E-state index is -0.488. The standard InChI is InChI=1S/C27H32FN3O2/c28-25-9-5-4-8-24(25)27(33)31-13-12-20-18-21(10-11-22(20)19-31)26(32)30-16-14-29(15-17-30)23-6-2-1-3-7-23/h4-5,8-11,18,23H,1-3,6-7,12-17,19H2. The molecule has 2 aromatic rings. The van der Waals surface area contributed by atoms with E-state index in [1.807, 2.05) is 23.1 Å². The normalized spacial score (nSPS) is 19.9. The topological polar surface area (TPSA) is 43.9 Å². The molecular formula is C27H32FN3O2. The summed E-state index contributed by atoms with van der Waals surface area (Å²) in [6.45, 7) is 4.48. The average Bonchev–Trinajstić information content (AvgIpc) is 2.88. The van der Waals surface area contributed by atoms with Gasteiger partial charge in [0.15, 0.2) is 0 Å². The van der Waals surface area contributed by atoms with Crippen LogP contribution < -0.4 is 0 Å². The molecule has 2 aliphatic heterocycles. The molecule has 174 valence electrons. The first-order valence-electron chi connectivity index (χ1n) is 12.3. The van der Waals surface area contributed by atoms with Crippen LogP contribution in [0, 0.1) is 5.82 Å². The number of benzene rings is 2. The number of nitrogens with zero attached hydrogens (tertiary/aromatic N) is 3. The Hall–Kier alpha value is -2.73. The zero-order valence-electron chi connectivity index (χ0n) is 19.1. The van der Waals surface area contributed by atoms with Crippen molar-refractivity contribution >= 4 is 11.8 Å². The second kappa shape index (κ2) is 9.64. The number of halogens is 1. The summed E-state index contributed by atoms with van der Waals surface area (Å²) in [5.41, 5.74) is 2.98. The van der Waals surface area contributed by atoms with Crippen LogP contribution in [0.5, 0.6) is 0 Å². The van der Waals surface area contributed by atoms with E-state index in [-0.39, 0.29) is 17.4 Å². The Labute approximate surface area is 195 Å². The molecule has 5 rings (SSSR count). The Kier molecular flexibility index (Phi) is 6.45. The van der Waals surface area contributed by atoms with Crippen molar-refractivity contribution in [1.29, 1.82) is 0 Å². The van der Waals surface area contributed by atoms with Gasteiger partial charge in [-0.25, -0.2) is 4.39 Å². The quantitative estimate of drug-likeness (QED) is 0.708. The maximum Gasteiger partial charge on any atom is 0.257 e. The fraction of sp³-hybridized carbons (Fsp3) is 0.481. The van der Waals surface area contributed by atoms with Crippen molar-refractivity contribution in [3.05, 3.63) is 70.5 Å². The monoisotopic (exact) mass is 449 g/mol. The lowest BCUT2D eigenvalue weighted by atomic mass is 9.93. The van der Waals surface area contributed by atoms with Crippen molar-refractivity contribution in [1.82, 2.24) is 14.7 Å². The van der Waals surface area contributed by atoms with E-state index >= 15 is 0 Å². The lowest BCUT2D eigenvalue weighted by Crippen LogP contribution is -2.52. The molecule has 2 heterocycles. The third-order valence-corrected chi connectivity index (χ3v) is 7.55. The summed E-state index contributed by atoms with van der Waals surface area (Å²) >= 11 is 0. The van der Waals surface area contributed by atoms with E-state index < -0.39 is 5.82 Å². The number of hydrogen-bond donors (Lipinski definition) is 0. The van der Waals surface area contributed by atoms with Crippen LogP contribution in [0.1, 0.15) is 63.9 Å². The lowest BCUT2D eigenvalue weighted by molar-refractivity contribution is 0.0522. The molecule has 0 spiro atoms. The summed E-state index contributed by atoms with van der Waals surface area (Å²) in [4.78, 5) is 32.2. The Balaban J connectivity index is 1.21. The second-order valence-electron chi connectivity index (χ2n) is 9.56. The van der Waals surface area contributed by atoms with E-state index in [2.05, 4.69) is 4.90 Å². The van der Waals surface area contributed by atoms with Gasteiger partial charge in [-0.15, -0.1) is 0 Å². The van der Waals surface area contributed by atoms with E-state index in [1.165, 1.54) is 44.2 Å². The number of fused-ring (bicyclic) bond motifs is 1. The second-order valence-corrected chi connectivity index (χ2v) is 9.56. The van der Waals surface area contributed by atoms with Gasteiger partial charge in [-0.2, -0.15) is 0 Å². The zero-order valence-corrected chi connectivity index (χ0v) is 19.1. The van der Waals surface area contributed by atoms with Gasteiger partial charge in [-0.1, -0.05) is 37.5 Å². The number of carbonyl (C=O) groups excluding carboxylic acids is 2. The van der Waals surface area contributed by atoms with Crippen LogP contribution in [-0.2, 0) is 13.0 Å². The number of rotatable bonds is 3. The molecule has 2 aromatic carbocycles. The van der Waals surface area contributed by atoms with Gasteiger partial charge in [0.2, 0.25) is 0 Å². The van der Waals surface area contributed by atoms with Crippen LogP contribution in [0.3, 0.4) is 0 Å². The summed E-state index contributed by atoms with van der Waals surface area (Å²) in [5.74, 6) is -0.668. The molecule has 33 heavy (non-hydrogen) atoms. The maximum absolute atomic E-state index is 14.0. The van der Waals surface area contributed by atoms with Crippen LogP contribution in [0.25, 0.3) is 0 Å². The third kappa shape index (κ3) is 4.67. The van der Waals surface area contributed by atoms with Crippen LogP contribution in [0.2, 0.25) is 0 Å². The molecule has 2 amide bonds. The predicted molar refractivity (Wildman–Crippen MR) is 126 cm³/mol. The van der Waals surface area contributed by atoms with Crippen molar-refractivity contribution in [3.8, 4) is 0 Å². The molecule has 3 aliphatic rings. The Morgan fingerprint density at radius 3 is 2.30 bits per heavy atom. The highest BCUT2D eigenvalue weighted by molar-refractivity contribution is 5.95. The fourth-order valence-electron chi connectivity index (χ4n) is 5.58. The molecule has 1 aliphatic carbocycles. The molecule has 1 saturated heterocycles. The van der Waals surface area contributed by atoms with Crippen LogP contribution in [-0.4, -0.2) is 65.3 Å². The minimum absolute atomic E-state index is 0.103. The summed E-state index contributed by atoms with van der Waals surface area (Å²) < 4.78 is 14.0. The first kappa shape index (κ1) is 22.1. The molecule has 0 radical (unpaired) electrons. The highest BCUT2D eigenvalue weighted by atomic mass is 19.1. The number of piperazine rings is 1. The van der Waals surface area contributed by atoms with Gasteiger partial charge in [0.1, 0.15) is 5.82 Å². The first-order valence-corrected chi connectivity index (χ1v) is 12.3. The SMILES string of the molecule is O=C(c1ccc2c(c1)CCN(C(=O)c1ccccc1F)C2)N1CCN(C2CCCCC2)CC1. The van der Waals surface area contributed by atoms with E-state index in [1.54, 1.807) is 17.0 Å². The summed E-state index contributed by atoms with van der Waals surface area (Å²) in [6, 6.07) is 12.7. The summed E-state index contributed by atoms with van der Waals surface area (Å²) in [6.07, 6.45) is 7.31. The highest BCUT2D eigenvalue weighted by Gasteiger charge is 2.29. The van der Waals surface area contributed by atoms with Crippen molar-refractivity contribution in [2.45, 2.75) is 51.1 Å². The fourth-order valence-corrected chi connectivity index (χ4v) is 5.58. The molecule has 6 heteroatoms. The Morgan fingerprint density at radius 1 is 0.788 bits per heavy atom. The largest absolute Gasteiger partial charge is 0.336 e. The molecule has 1 saturated carbocycles. The van der Waals surface area contributed by atoms with Gasteiger partial charge in [0.05, 0.1) is 5.56 Å². The van der Waals surface area contributed by atoms with Gasteiger partial charge in [0, 0.05) is 50.9 Å². The van der Waals surface area contributed by atoms with E-state index in [0.29, 0.717) is 25.6 Å². The van der Waals surface area contributed by atoms with Crippen molar-refractivity contribution in [2.75, 3.05) is 32.7 Å². The minimum Gasteiger partial charge on any atom is -0.336 e. The van der Waals surface area contributed by atoms with Gasteiger partial charge < -0.3 is 9.80 Å². The van der Waals surface area contributed by atoms with Crippen LogP contribution >= 0.6 is 0 Å². The van der Waals surface area contributed by atoms with Gasteiger partial charge in [0.25, 0.3) is 11.8 Å². The summed E-state index contributed by atoms with van der Waals surface area (Å²) in [5, 5.41) is 0. The molecule has 5 nitrogen and oxygen atoms in total. The maximum atomic E-state index is 14.0. The van der Waals surface area contributed by atoms with E-state index in [4.69, 9.17) is 0 Å². The molecule has 0 unspecified atom stereocenters. The van der Waals surface area contributed by atoms with Crippen molar-refractivity contribution in [2.24, 2.45) is 0 Å². The van der Waals surface area contributed by atoms with Crippen molar-refractivity contribution < 1.29 is 14.0 Å². The highest BCUT2D eigenvalue weighted by Crippen LogP contribution is 2.25. The van der Waals surface area contributed by atoms with Crippen LogP contribution in [0.15, 0.2) is 42.5 Å². The molecular weight excluding hydrogens is 417 g/mol. The number of hydrogen-bond acceptors (Lipinski definition) is 3. The van der Waals surface area contributed by atoms with Crippen LogP contribution in [0.4, 0.5) is 4.39 Å². The Bertz CT molecular complexity index is 1030. The molecule has 0 bridgehead atoms.